The third kappa shape index (κ3) is 4.18. The molecule has 2 N–H and O–H groups in total. The number of aryl methyl sites for hydroxylation is 3. The molecule has 3 aromatic rings. The van der Waals surface area contributed by atoms with Crippen molar-refractivity contribution in [2.24, 2.45) is 0 Å². The molecule has 1 aromatic heterocycles. The van der Waals surface area contributed by atoms with E-state index in [0.717, 1.165) is 16.8 Å². The largest absolute Gasteiger partial charge is 0.340 e. The van der Waals surface area contributed by atoms with Crippen LogP contribution in [0.5, 0.6) is 0 Å². The first-order chi connectivity index (χ1) is 12.4. The van der Waals surface area contributed by atoms with Gasteiger partial charge in [0.25, 0.3) is 5.91 Å². The van der Waals surface area contributed by atoms with Crippen molar-refractivity contribution in [3.8, 4) is 0 Å². The van der Waals surface area contributed by atoms with Crippen molar-refractivity contribution in [1.82, 2.24) is 9.97 Å². The zero-order valence-electron chi connectivity index (χ0n) is 14.8. The number of carbonyl (C=O) groups is 1. The van der Waals surface area contributed by atoms with Crippen molar-refractivity contribution in [2.75, 3.05) is 10.6 Å². The number of amides is 1. The molecule has 0 aliphatic carbocycles. The predicted octanol–water partition coefficient (Wildman–Crippen LogP) is 5.05. The van der Waals surface area contributed by atoms with E-state index in [-0.39, 0.29) is 11.6 Å². The van der Waals surface area contributed by atoms with Crippen molar-refractivity contribution < 1.29 is 4.79 Å². The summed E-state index contributed by atoms with van der Waals surface area (Å²) in [5.41, 5.74) is 3.99. The Morgan fingerprint density at radius 2 is 1.73 bits per heavy atom. The summed E-state index contributed by atoms with van der Waals surface area (Å²) in [6, 6.07) is 14.8. The fourth-order valence-corrected chi connectivity index (χ4v) is 2.69. The number of para-hydroxylation sites is 1. The van der Waals surface area contributed by atoms with Crippen LogP contribution in [0.2, 0.25) is 5.02 Å². The Bertz CT molecular complexity index is 972. The van der Waals surface area contributed by atoms with E-state index in [1.54, 1.807) is 37.3 Å². The number of halogens is 1. The van der Waals surface area contributed by atoms with E-state index in [4.69, 9.17) is 11.6 Å². The van der Waals surface area contributed by atoms with E-state index in [0.29, 0.717) is 22.4 Å². The van der Waals surface area contributed by atoms with E-state index < -0.39 is 0 Å². The zero-order chi connectivity index (χ0) is 18.7. The van der Waals surface area contributed by atoms with Crippen LogP contribution in [0.3, 0.4) is 0 Å². The van der Waals surface area contributed by atoms with Gasteiger partial charge in [-0.05, 0) is 50.1 Å². The van der Waals surface area contributed by atoms with E-state index in [1.165, 1.54) is 0 Å². The maximum Gasteiger partial charge on any atom is 0.274 e. The van der Waals surface area contributed by atoms with Gasteiger partial charge in [0.15, 0.2) is 0 Å². The van der Waals surface area contributed by atoms with Gasteiger partial charge >= 0.3 is 0 Å². The van der Waals surface area contributed by atoms with Gasteiger partial charge in [0.2, 0.25) is 0 Å². The summed E-state index contributed by atoms with van der Waals surface area (Å²) in [5, 5.41) is 6.52. The SMILES string of the molecule is Cc1ccc(C)c(Nc2cc(C(=O)Nc3ccccc3Cl)nc(C)n2)c1. The van der Waals surface area contributed by atoms with Crippen molar-refractivity contribution in [1.29, 1.82) is 0 Å². The highest BCUT2D eigenvalue weighted by Gasteiger charge is 2.13. The molecule has 0 spiro atoms. The Balaban J connectivity index is 1.86. The lowest BCUT2D eigenvalue weighted by Crippen LogP contribution is -2.15. The van der Waals surface area contributed by atoms with E-state index >= 15 is 0 Å². The Morgan fingerprint density at radius 3 is 2.50 bits per heavy atom. The molecule has 132 valence electrons. The average molecular weight is 367 g/mol. The molecule has 26 heavy (non-hydrogen) atoms. The number of benzene rings is 2. The summed E-state index contributed by atoms with van der Waals surface area (Å²) in [5.74, 6) is 0.729. The minimum atomic E-state index is -0.340. The lowest BCUT2D eigenvalue weighted by Gasteiger charge is -2.12. The molecule has 1 heterocycles. The van der Waals surface area contributed by atoms with Gasteiger partial charge in [-0.15, -0.1) is 0 Å². The summed E-state index contributed by atoms with van der Waals surface area (Å²) in [7, 11) is 0. The third-order valence-electron chi connectivity index (χ3n) is 3.85. The summed E-state index contributed by atoms with van der Waals surface area (Å²) >= 11 is 6.10. The lowest BCUT2D eigenvalue weighted by molar-refractivity contribution is 0.102. The number of rotatable bonds is 4. The van der Waals surface area contributed by atoms with Crippen LogP contribution in [0.25, 0.3) is 0 Å². The molecule has 2 aromatic carbocycles. The molecule has 0 fully saturated rings. The monoisotopic (exact) mass is 366 g/mol. The van der Waals surface area contributed by atoms with Crippen molar-refractivity contribution in [2.45, 2.75) is 20.8 Å². The third-order valence-corrected chi connectivity index (χ3v) is 4.18. The van der Waals surface area contributed by atoms with Crippen LogP contribution in [-0.4, -0.2) is 15.9 Å². The molecule has 3 rings (SSSR count). The van der Waals surface area contributed by atoms with E-state index in [9.17, 15) is 4.79 Å². The fraction of sp³-hybridized carbons (Fsp3) is 0.150. The Kier molecular flexibility index (Phi) is 5.19. The smallest absolute Gasteiger partial charge is 0.274 e. The molecule has 0 aliphatic heterocycles. The van der Waals surface area contributed by atoms with Crippen LogP contribution in [0.1, 0.15) is 27.4 Å². The Hall–Kier alpha value is -2.92. The van der Waals surface area contributed by atoms with Crippen molar-refractivity contribution in [3.63, 3.8) is 0 Å². The zero-order valence-corrected chi connectivity index (χ0v) is 15.6. The van der Waals surface area contributed by atoms with Crippen LogP contribution in [0.4, 0.5) is 17.2 Å². The normalized spacial score (nSPS) is 10.5. The first kappa shape index (κ1) is 17.9. The van der Waals surface area contributed by atoms with Gasteiger partial charge in [0.05, 0.1) is 10.7 Å². The van der Waals surface area contributed by atoms with E-state index in [2.05, 4.69) is 20.6 Å². The Labute approximate surface area is 157 Å². The van der Waals surface area contributed by atoms with Gasteiger partial charge < -0.3 is 10.6 Å². The van der Waals surface area contributed by atoms with Crippen molar-refractivity contribution >= 4 is 34.7 Å². The van der Waals surface area contributed by atoms with E-state index in [1.807, 2.05) is 32.0 Å². The second-order valence-electron chi connectivity index (χ2n) is 6.06. The first-order valence-corrected chi connectivity index (χ1v) is 8.56. The van der Waals surface area contributed by atoms with Gasteiger partial charge in [-0.3, -0.25) is 4.79 Å². The summed E-state index contributed by atoms with van der Waals surface area (Å²) in [6.45, 7) is 5.79. The van der Waals surface area contributed by atoms with Gasteiger partial charge in [-0.2, -0.15) is 0 Å². The highest BCUT2D eigenvalue weighted by molar-refractivity contribution is 6.33. The topological polar surface area (TPSA) is 66.9 Å². The average Bonchev–Trinajstić information content (AvgIpc) is 2.59. The van der Waals surface area contributed by atoms with Crippen LogP contribution in [-0.2, 0) is 0 Å². The molecule has 0 bridgehead atoms. The summed E-state index contributed by atoms with van der Waals surface area (Å²) in [4.78, 5) is 21.2. The molecule has 0 unspecified atom stereocenters. The molecule has 0 saturated heterocycles. The van der Waals surface area contributed by atoms with Gasteiger partial charge in [-0.1, -0.05) is 35.9 Å². The number of carbonyl (C=O) groups excluding carboxylic acids is 1. The van der Waals surface area contributed by atoms with Gasteiger partial charge in [-0.25, -0.2) is 9.97 Å². The Morgan fingerprint density at radius 1 is 0.962 bits per heavy atom. The maximum absolute atomic E-state index is 12.6. The molecule has 0 atom stereocenters. The summed E-state index contributed by atoms with van der Waals surface area (Å²) < 4.78 is 0. The second-order valence-corrected chi connectivity index (χ2v) is 6.47. The first-order valence-electron chi connectivity index (χ1n) is 8.18. The number of anilines is 3. The molecule has 0 radical (unpaired) electrons. The maximum atomic E-state index is 12.6. The molecule has 0 saturated carbocycles. The molecule has 0 aliphatic rings. The van der Waals surface area contributed by atoms with Crippen LogP contribution < -0.4 is 10.6 Å². The van der Waals surface area contributed by atoms with Gasteiger partial charge in [0, 0.05) is 11.8 Å². The number of hydrogen-bond donors (Lipinski definition) is 2. The number of aromatic nitrogens is 2. The van der Waals surface area contributed by atoms with Crippen LogP contribution >= 0.6 is 11.6 Å². The number of hydrogen-bond acceptors (Lipinski definition) is 4. The quantitative estimate of drug-likeness (QED) is 0.678. The number of nitrogens with zero attached hydrogens (tertiary/aromatic N) is 2. The number of nitrogens with one attached hydrogen (secondary N) is 2. The molecular weight excluding hydrogens is 348 g/mol. The molecule has 5 nitrogen and oxygen atoms in total. The predicted molar refractivity (Wildman–Crippen MR) is 105 cm³/mol. The minimum absolute atomic E-state index is 0.269. The van der Waals surface area contributed by atoms with Crippen LogP contribution in [0.15, 0.2) is 48.5 Å². The fourth-order valence-electron chi connectivity index (χ4n) is 2.51. The highest BCUT2D eigenvalue weighted by atomic mass is 35.5. The lowest BCUT2D eigenvalue weighted by atomic mass is 10.1. The molecule has 6 heteroatoms. The second kappa shape index (κ2) is 7.54. The van der Waals surface area contributed by atoms with Gasteiger partial charge in [0.1, 0.15) is 17.3 Å². The highest BCUT2D eigenvalue weighted by Crippen LogP contribution is 2.23. The standard InChI is InChI=1S/C20H19ClN4O/c1-12-8-9-13(2)17(10-12)24-19-11-18(22-14(3)23-19)20(26)25-16-7-5-4-6-15(16)21/h4-11H,1-3H3,(H,25,26)(H,22,23,24). The molecular formula is C20H19ClN4O. The minimum Gasteiger partial charge on any atom is -0.340 e. The van der Waals surface area contributed by atoms with Crippen LogP contribution in [0, 0.1) is 20.8 Å². The molecule has 1 amide bonds. The summed E-state index contributed by atoms with van der Waals surface area (Å²) in [6.07, 6.45) is 0. The van der Waals surface area contributed by atoms with Crippen molar-refractivity contribution in [3.05, 3.63) is 76.2 Å².